The summed E-state index contributed by atoms with van der Waals surface area (Å²) in [5.41, 5.74) is 0.693. The Balaban J connectivity index is 1.76. The van der Waals surface area contributed by atoms with Crippen molar-refractivity contribution in [1.82, 2.24) is 5.32 Å². The highest BCUT2D eigenvalue weighted by atomic mass is 32.2. The molecule has 16 heavy (non-hydrogen) atoms. The van der Waals surface area contributed by atoms with E-state index in [1.54, 1.807) is 6.42 Å². The third-order valence-corrected chi connectivity index (χ3v) is 5.14. The van der Waals surface area contributed by atoms with Gasteiger partial charge in [0.05, 0.1) is 0 Å². The summed E-state index contributed by atoms with van der Waals surface area (Å²) in [4.78, 5) is 0. The van der Waals surface area contributed by atoms with Crippen molar-refractivity contribution in [3.63, 3.8) is 0 Å². The fraction of sp³-hybridized carbons (Fsp3) is 1.00. The van der Waals surface area contributed by atoms with E-state index < -0.39 is 0 Å². The molecule has 0 heterocycles. The number of hydrogen-bond donors (Lipinski definition) is 1. The molecule has 0 aromatic heterocycles. The van der Waals surface area contributed by atoms with E-state index in [1.165, 1.54) is 50.9 Å². The fourth-order valence-electron chi connectivity index (χ4n) is 3.56. The molecule has 0 aromatic rings. The standard InChI is InChI=1S/C14H27NS/c1-3-6-15-11-14(5-4-7-16-2)9-12-8-13(12)10-14/h12-13,15H,3-11H2,1-2H3. The van der Waals surface area contributed by atoms with Gasteiger partial charge in [0.2, 0.25) is 0 Å². The maximum Gasteiger partial charge on any atom is 0.000802 e. The zero-order chi connectivity index (χ0) is 11.4. The number of thioether (sulfide) groups is 1. The van der Waals surface area contributed by atoms with Crippen molar-refractivity contribution < 1.29 is 0 Å². The molecule has 2 aliphatic carbocycles. The van der Waals surface area contributed by atoms with Crippen LogP contribution in [0, 0.1) is 17.3 Å². The van der Waals surface area contributed by atoms with Crippen LogP contribution in [0.15, 0.2) is 0 Å². The zero-order valence-corrected chi connectivity index (χ0v) is 11.7. The summed E-state index contributed by atoms with van der Waals surface area (Å²) in [6.45, 7) is 4.77. The number of fused-ring (bicyclic) bond motifs is 1. The molecule has 2 saturated carbocycles. The summed E-state index contributed by atoms with van der Waals surface area (Å²) in [5, 5.41) is 3.68. The molecular formula is C14H27NS. The molecule has 2 rings (SSSR count). The van der Waals surface area contributed by atoms with E-state index in [-0.39, 0.29) is 0 Å². The Morgan fingerprint density at radius 1 is 1.31 bits per heavy atom. The second-order valence-corrected chi connectivity index (χ2v) is 6.92. The average molecular weight is 241 g/mol. The second kappa shape index (κ2) is 5.77. The minimum absolute atomic E-state index is 0.693. The molecule has 2 atom stereocenters. The van der Waals surface area contributed by atoms with Gasteiger partial charge in [0, 0.05) is 6.54 Å². The van der Waals surface area contributed by atoms with Gasteiger partial charge in [-0.1, -0.05) is 6.92 Å². The summed E-state index contributed by atoms with van der Waals surface area (Å²) in [6.07, 6.45) is 11.0. The van der Waals surface area contributed by atoms with E-state index in [9.17, 15) is 0 Å². The van der Waals surface area contributed by atoms with E-state index in [0.717, 1.165) is 11.8 Å². The molecule has 0 saturated heterocycles. The lowest BCUT2D eigenvalue weighted by Crippen LogP contribution is -2.34. The van der Waals surface area contributed by atoms with Crippen molar-refractivity contribution in [2.75, 3.05) is 25.1 Å². The highest BCUT2D eigenvalue weighted by Gasteiger charge is 2.52. The lowest BCUT2D eigenvalue weighted by molar-refractivity contribution is 0.229. The van der Waals surface area contributed by atoms with Crippen LogP contribution < -0.4 is 5.32 Å². The number of rotatable bonds is 8. The summed E-state index contributed by atoms with van der Waals surface area (Å²) in [5.74, 6) is 3.60. The van der Waals surface area contributed by atoms with Gasteiger partial charge in [-0.2, -0.15) is 11.8 Å². The first kappa shape index (κ1) is 12.8. The maximum absolute atomic E-state index is 3.68. The Bertz CT molecular complexity index is 195. The zero-order valence-electron chi connectivity index (χ0n) is 10.9. The van der Waals surface area contributed by atoms with Crippen LogP contribution in [0.2, 0.25) is 0 Å². The second-order valence-electron chi connectivity index (χ2n) is 5.94. The van der Waals surface area contributed by atoms with E-state index in [4.69, 9.17) is 0 Å². The third kappa shape index (κ3) is 3.16. The van der Waals surface area contributed by atoms with Gasteiger partial charge in [-0.3, -0.25) is 0 Å². The van der Waals surface area contributed by atoms with Crippen molar-refractivity contribution in [3.8, 4) is 0 Å². The van der Waals surface area contributed by atoms with Crippen LogP contribution in [0.1, 0.15) is 45.4 Å². The summed E-state index contributed by atoms with van der Waals surface area (Å²) >= 11 is 2.00. The van der Waals surface area contributed by atoms with Crippen LogP contribution in [0.5, 0.6) is 0 Å². The van der Waals surface area contributed by atoms with Gasteiger partial charge in [0.15, 0.2) is 0 Å². The summed E-state index contributed by atoms with van der Waals surface area (Å²) in [7, 11) is 0. The smallest absolute Gasteiger partial charge is 0.000802 e. The van der Waals surface area contributed by atoms with E-state index >= 15 is 0 Å². The largest absolute Gasteiger partial charge is 0.316 e. The molecule has 2 heteroatoms. The van der Waals surface area contributed by atoms with Crippen LogP contribution in [0.4, 0.5) is 0 Å². The first-order valence-corrected chi connectivity index (χ1v) is 8.39. The quantitative estimate of drug-likeness (QED) is 0.652. The van der Waals surface area contributed by atoms with Gasteiger partial charge in [0.25, 0.3) is 0 Å². The topological polar surface area (TPSA) is 12.0 Å². The molecule has 0 aliphatic heterocycles. The molecule has 0 radical (unpaired) electrons. The van der Waals surface area contributed by atoms with E-state index in [1.807, 2.05) is 11.8 Å². The first-order chi connectivity index (χ1) is 7.79. The predicted octanol–water partition coefficient (Wildman–Crippen LogP) is 3.55. The highest BCUT2D eigenvalue weighted by molar-refractivity contribution is 7.98. The number of hydrogen-bond acceptors (Lipinski definition) is 2. The number of nitrogens with one attached hydrogen (secondary N) is 1. The molecule has 0 amide bonds. The van der Waals surface area contributed by atoms with Gasteiger partial charge in [-0.05, 0) is 74.3 Å². The van der Waals surface area contributed by atoms with E-state index in [2.05, 4.69) is 18.5 Å². The van der Waals surface area contributed by atoms with Crippen LogP contribution in [-0.4, -0.2) is 25.1 Å². The lowest BCUT2D eigenvalue weighted by atomic mass is 9.79. The molecule has 2 fully saturated rings. The molecule has 1 N–H and O–H groups in total. The maximum atomic E-state index is 3.68. The highest BCUT2D eigenvalue weighted by Crippen LogP contribution is 2.61. The molecule has 1 nitrogen and oxygen atoms in total. The summed E-state index contributed by atoms with van der Waals surface area (Å²) in [6, 6.07) is 0. The van der Waals surface area contributed by atoms with Crippen molar-refractivity contribution in [2.24, 2.45) is 17.3 Å². The Hall–Kier alpha value is 0.310. The molecule has 0 aromatic carbocycles. The Kier molecular flexibility index (Phi) is 4.60. The first-order valence-electron chi connectivity index (χ1n) is 6.99. The monoisotopic (exact) mass is 241 g/mol. The van der Waals surface area contributed by atoms with Crippen LogP contribution >= 0.6 is 11.8 Å². The molecule has 0 bridgehead atoms. The Labute approximate surface area is 105 Å². The molecule has 0 spiro atoms. The summed E-state index contributed by atoms with van der Waals surface area (Å²) < 4.78 is 0. The van der Waals surface area contributed by atoms with Crippen LogP contribution in [0.25, 0.3) is 0 Å². The fourth-order valence-corrected chi connectivity index (χ4v) is 4.00. The molecule has 94 valence electrons. The normalized spacial score (nSPS) is 36.4. The van der Waals surface area contributed by atoms with Crippen molar-refractivity contribution in [2.45, 2.75) is 45.4 Å². The van der Waals surface area contributed by atoms with Gasteiger partial charge in [-0.15, -0.1) is 0 Å². The lowest BCUT2D eigenvalue weighted by Gasteiger charge is -2.31. The van der Waals surface area contributed by atoms with Crippen LogP contribution in [-0.2, 0) is 0 Å². The van der Waals surface area contributed by atoms with Crippen molar-refractivity contribution >= 4 is 11.8 Å². The molecular weight excluding hydrogens is 214 g/mol. The van der Waals surface area contributed by atoms with Crippen molar-refractivity contribution in [1.29, 1.82) is 0 Å². The minimum atomic E-state index is 0.693. The predicted molar refractivity (Wildman–Crippen MR) is 74.0 cm³/mol. The van der Waals surface area contributed by atoms with E-state index in [0.29, 0.717) is 5.41 Å². The third-order valence-electron chi connectivity index (χ3n) is 4.44. The Morgan fingerprint density at radius 2 is 2.06 bits per heavy atom. The Morgan fingerprint density at radius 3 is 2.69 bits per heavy atom. The molecule has 2 unspecified atom stereocenters. The van der Waals surface area contributed by atoms with Crippen molar-refractivity contribution in [3.05, 3.63) is 0 Å². The van der Waals surface area contributed by atoms with Gasteiger partial charge >= 0.3 is 0 Å². The minimum Gasteiger partial charge on any atom is -0.316 e. The SMILES string of the molecule is CCCNCC1(CCCSC)CC2CC2C1. The van der Waals surface area contributed by atoms with Crippen LogP contribution in [0.3, 0.4) is 0 Å². The van der Waals surface area contributed by atoms with Gasteiger partial charge < -0.3 is 5.32 Å². The molecule has 2 aliphatic rings. The van der Waals surface area contributed by atoms with Gasteiger partial charge in [0.1, 0.15) is 0 Å². The average Bonchev–Trinajstić information content (AvgIpc) is 2.88. The van der Waals surface area contributed by atoms with Gasteiger partial charge in [-0.25, -0.2) is 0 Å².